The van der Waals surface area contributed by atoms with Gasteiger partial charge in [0.25, 0.3) is 5.91 Å². The molecule has 1 aliphatic rings. The van der Waals surface area contributed by atoms with E-state index in [9.17, 15) is 4.79 Å². The number of nitrogens with zero attached hydrogens (tertiary/aromatic N) is 1. The fourth-order valence-electron chi connectivity index (χ4n) is 3.12. The highest BCUT2D eigenvalue weighted by Crippen LogP contribution is 2.28. The first kappa shape index (κ1) is 12.3. The van der Waals surface area contributed by atoms with Crippen molar-refractivity contribution in [2.24, 2.45) is 0 Å². The Balaban J connectivity index is 1.70. The molecule has 0 bridgehead atoms. The van der Waals surface area contributed by atoms with Crippen LogP contribution in [0.5, 0.6) is 0 Å². The molecule has 0 saturated carbocycles. The molecule has 0 radical (unpaired) electrons. The maximum atomic E-state index is 12.6. The predicted molar refractivity (Wildman–Crippen MR) is 80.2 cm³/mol. The van der Waals surface area contributed by atoms with E-state index in [2.05, 4.69) is 17.1 Å². The zero-order chi connectivity index (χ0) is 14.4. The van der Waals surface area contributed by atoms with Crippen LogP contribution in [0, 0.1) is 6.92 Å². The average Bonchev–Trinajstić information content (AvgIpc) is 3.09. The molecule has 1 aliphatic heterocycles. The standard InChI is InChI=1S/C17H16N2O2/c1-11-12(7-9-21-11)17(20)19-8-6-16-14(10-19)13-4-2-3-5-15(13)18-16/h2-5,7,9,18H,6,8,10H2,1H3. The molecular formula is C17H16N2O2. The molecule has 0 unspecified atom stereocenters. The maximum absolute atomic E-state index is 12.6. The highest BCUT2D eigenvalue weighted by atomic mass is 16.3. The van der Waals surface area contributed by atoms with Crippen LogP contribution in [-0.2, 0) is 13.0 Å². The number of nitrogens with one attached hydrogen (secondary N) is 1. The zero-order valence-corrected chi connectivity index (χ0v) is 11.8. The van der Waals surface area contributed by atoms with Crippen LogP contribution in [0.25, 0.3) is 10.9 Å². The van der Waals surface area contributed by atoms with Gasteiger partial charge in [-0.15, -0.1) is 0 Å². The average molecular weight is 280 g/mol. The molecule has 21 heavy (non-hydrogen) atoms. The summed E-state index contributed by atoms with van der Waals surface area (Å²) in [7, 11) is 0. The third kappa shape index (κ3) is 1.87. The number of rotatable bonds is 1. The molecule has 3 heterocycles. The van der Waals surface area contributed by atoms with Crippen molar-refractivity contribution < 1.29 is 9.21 Å². The molecule has 0 saturated heterocycles. The summed E-state index contributed by atoms with van der Waals surface area (Å²) in [5.41, 5.74) is 4.31. The summed E-state index contributed by atoms with van der Waals surface area (Å²) in [6.07, 6.45) is 2.44. The Labute approximate surface area is 122 Å². The molecule has 2 aromatic heterocycles. The van der Waals surface area contributed by atoms with Gasteiger partial charge >= 0.3 is 0 Å². The Hall–Kier alpha value is -2.49. The molecule has 1 N–H and O–H groups in total. The number of fused-ring (bicyclic) bond motifs is 3. The number of para-hydroxylation sites is 1. The Bertz CT molecular complexity index is 828. The van der Waals surface area contributed by atoms with Gasteiger partial charge in [-0.25, -0.2) is 0 Å². The number of aryl methyl sites for hydroxylation is 1. The number of carbonyl (C=O) groups excluding carboxylic acids is 1. The SMILES string of the molecule is Cc1occc1C(=O)N1CCc2[nH]c3ccccc3c2C1. The summed E-state index contributed by atoms with van der Waals surface area (Å²) < 4.78 is 5.25. The van der Waals surface area contributed by atoms with Gasteiger partial charge in [-0.2, -0.15) is 0 Å². The number of carbonyl (C=O) groups is 1. The van der Waals surface area contributed by atoms with E-state index in [4.69, 9.17) is 4.42 Å². The molecule has 4 nitrogen and oxygen atoms in total. The molecule has 0 aliphatic carbocycles. The van der Waals surface area contributed by atoms with Gasteiger partial charge < -0.3 is 14.3 Å². The lowest BCUT2D eigenvalue weighted by Crippen LogP contribution is -2.35. The van der Waals surface area contributed by atoms with Gasteiger partial charge in [0.1, 0.15) is 5.76 Å². The van der Waals surface area contributed by atoms with Crippen molar-refractivity contribution in [1.82, 2.24) is 9.88 Å². The Morgan fingerprint density at radius 1 is 1.29 bits per heavy atom. The maximum Gasteiger partial charge on any atom is 0.257 e. The summed E-state index contributed by atoms with van der Waals surface area (Å²) in [5, 5.41) is 1.22. The number of H-pyrrole nitrogens is 1. The predicted octanol–water partition coefficient (Wildman–Crippen LogP) is 3.27. The number of aromatic nitrogens is 1. The fraction of sp³-hybridized carbons (Fsp3) is 0.235. The third-order valence-corrected chi connectivity index (χ3v) is 4.26. The van der Waals surface area contributed by atoms with Crippen LogP contribution in [-0.4, -0.2) is 22.3 Å². The van der Waals surface area contributed by atoms with Crippen LogP contribution in [0.2, 0.25) is 0 Å². The summed E-state index contributed by atoms with van der Waals surface area (Å²) in [5.74, 6) is 0.738. The Kier molecular flexibility index (Phi) is 2.64. The lowest BCUT2D eigenvalue weighted by molar-refractivity contribution is 0.0733. The number of aromatic amines is 1. The van der Waals surface area contributed by atoms with Crippen molar-refractivity contribution in [3.05, 3.63) is 59.2 Å². The lowest BCUT2D eigenvalue weighted by Gasteiger charge is -2.27. The van der Waals surface area contributed by atoms with Gasteiger partial charge in [0.05, 0.1) is 11.8 Å². The van der Waals surface area contributed by atoms with Crippen molar-refractivity contribution in [3.63, 3.8) is 0 Å². The van der Waals surface area contributed by atoms with Gasteiger partial charge in [0.2, 0.25) is 0 Å². The van der Waals surface area contributed by atoms with Gasteiger partial charge in [0.15, 0.2) is 0 Å². The quantitative estimate of drug-likeness (QED) is 0.743. The van der Waals surface area contributed by atoms with Gasteiger partial charge in [-0.1, -0.05) is 18.2 Å². The second-order valence-corrected chi connectivity index (χ2v) is 5.49. The second-order valence-electron chi connectivity index (χ2n) is 5.49. The first-order valence-electron chi connectivity index (χ1n) is 7.16. The van der Waals surface area contributed by atoms with Crippen molar-refractivity contribution in [2.75, 3.05) is 6.54 Å². The number of benzene rings is 1. The topological polar surface area (TPSA) is 49.2 Å². The number of hydrogen-bond donors (Lipinski definition) is 1. The molecule has 1 aromatic carbocycles. The minimum absolute atomic E-state index is 0.0529. The summed E-state index contributed by atoms with van der Waals surface area (Å²) >= 11 is 0. The van der Waals surface area contributed by atoms with Crippen molar-refractivity contribution in [3.8, 4) is 0 Å². The molecule has 4 rings (SSSR count). The van der Waals surface area contributed by atoms with E-state index in [0.29, 0.717) is 17.9 Å². The molecule has 1 amide bonds. The fourth-order valence-corrected chi connectivity index (χ4v) is 3.12. The van der Waals surface area contributed by atoms with Crippen molar-refractivity contribution >= 4 is 16.8 Å². The first-order chi connectivity index (χ1) is 10.2. The largest absolute Gasteiger partial charge is 0.469 e. The summed E-state index contributed by atoms with van der Waals surface area (Å²) in [4.78, 5) is 18.0. The summed E-state index contributed by atoms with van der Waals surface area (Å²) in [6, 6.07) is 10.0. The van der Waals surface area contributed by atoms with E-state index in [-0.39, 0.29) is 5.91 Å². The molecular weight excluding hydrogens is 264 g/mol. The molecule has 4 heteroatoms. The monoisotopic (exact) mass is 280 g/mol. The third-order valence-electron chi connectivity index (χ3n) is 4.26. The number of hydrogen-bond acceptors (Lipinski definition) is 2. The molecule has 0 spiro atoms. The normalized spacial score (nSPS) is 14.4. The van der Waals surface area contributed by atoms with Crippen LogP contribution < -0.4 is 0 Å². The highest BCUT2D eigenvalue weighted by Gasteiger charge is 2.26. The van der Waals surface area contributed by atoms with Gasteiger partial charge in [-0.05, 0) is 19.1 Å². The van der Waals surface area contributed by atoms with Crippen LogP contribution in [0.3, 0.4) is 0 Å². The minimum Gasteiger partial charge on any atom is -0.469 e. The number of amides is 1. The van der Waals surface area contributed by atoms with E-state index in [1.165, 1.54) is 16.6 Å². The molecule has 106 valence electrons. The minimum atomic E-state index is 0.0529. The van der Waals surface area contributed by atoms with Gasteiger partial charge in [-0.3, -0.25) is 4.79 Å². The van der Waals surface area contributed by atoms with E-state index in [0.717, 1.165) is 18.5 Å². The van der Waals surface area contributed by atoms with E-state index < -0.39 is 0 Å². The van der Waals surface area contributed by atoms with Crippen molar-refractivity contribution in [1.29, 1.82) is 0 Å². The van der Waals surface area contributed by atoms with Crippen LogP contribution in [0.4, 0.5) is 0 Å². The summed E-state index contributed by atoms with van der Waals surface area (Å²) in [6.45, 7) is 3.22. The van der Waals surface area contributed by atoms with Crippen LogP contribution in [0.1, 0.15) is 27.4 Å². The Morgan fingerprint density at radius 3 is 2.95 bits per heavy atom. The Morgan fingerprint density at radius 2 is 2.14 bits per heavy atom. The smallest absolute Gasteiger partial charge is 0.257 e. The van der Waals surface area contributed by atoms with Crippen LogP contribution in [0.15, 0.2) is 41.0 Å². The molecule has 0 atom stereocenters. The molecule has 0 fully saturated rings. The first-order valence-corrected chi connectivity index (χ1v) is 7.16. The van der Waals surface area contributed by atoms with E-state index in [1.807, 2.05) is 24.0 Å². The number of furan rings is 1. The lowest BCUT2D eigenvalue weighted by atomic mass is 10.0. The van der Waals surface area contributed by atoms with Gasteiger partial charge in [0, 0.05) is 41.7 Å². The zero-order valence-electron chi connectivity index (χ0n) is 11.8. The second kappa shape index (κ2) is 4.52. The molecule has 3 aromatic rings. The highest BCUT2D eigenvalue weighted by molar-refractivity contribution is 5.95. The van der Waals surface area contributed by atoms with Crippen LogP contribution >= 0.6 is 0 Å². The van der Waals surface area contributed by atoms with E-state index >= 15 is 0 Å². The van der Waals surface area contributed by atoms with E-state index in [1.54, 1.807) is 12.3 Å². The van der Waals surface area contributed by atoms with Crippen molar-refractivity contribution in [2.45, 2.75) is 19.9 Å².